The summed E-state index contributed by atoms with van der Waals surface area (Å²) in [5, 5.41) is 24.0. The Hall–Kier alpha value is -0.650. The largest absolute Gasteiger partial charge is 0.394 e. The highest BCUT2D eigenvalue weighted by Crippen LogP contribution is 2.31. The molecule has 4 N–H and O–H groups in total. The molecule has 0 aromatic rings. The first kappa shape index (κ1) is 14.4. The maximum atomic E-state index is 12.2. The van der Waals surface area contributed by atoms with Crippen LogP contribution in [0.5, 0.6) is 0 Å². The van der Waals surface area contributed by atoms with Crippen LogP contribution in [0.1, 0.15) is 32.6 Å². The quantitative estimate of drug-likeness (QED) is 0.514. The van der Waals surface area contributed by atoms with Gasteiger partial charge in [-0.3, -0.25) is 4.79 Å². The van der Waals surface area contributed by atoms with Gasteiger partial charge in [0.2, 0.25) is 5.91 Å². The van der Waals surface area contributed by atoms with Crippen LogP contribution in [-0.4, -0.2) is 48.5 Å². The molecule has 0 spiro atoms. The Morgan fingerprint density at radius 1 is 1.59 bits per heavy atom. The molecule has 1 amide bonds. The van der Waals surface area contributed by atoms with Gasteiger partial charge in [-0.1, -0.05) is 13.3 Å². The van der Waals surface area contributed by atoms with Crippen molar-refractivity contribution in [2.45, 2.75) is 38.7 Å². The van der Waals surface area contributed by atoms with Crippen molar-refractivity contribution in [2.75, 3.05) is 26.2 Å². The van der Waals surface area contributed by atoms with Crippen molar-refractivity contribution < 1.29 is 15.0 Å². The zero-order chi connectivity index (χ0) is 12.7. The number of amides is 1. The summed E-state index contributed by atoms with van der Waals surface area (Å²) in [5.41, 5.74) is -0.331. The Labute approximate surface area is 103 Å². The predicted octanol–water partition coefficient (Wildman–Crippen LogP) is -0.374. The minimum Gasteiger partial charge on any atom is -0.394 e. The van der Waals surface area contributed by atoms with Crippen LogP contribution in [0.4, 0.5) is 0 Å². The molecule has 1 aliphatic rings. The number of hydrogen-bond acceptors (Lipinski definition) is 4. The minimum absolute atomic E-state index is 0.000880. The van der Waals surface area contributed by atoms with Crippen molar-refractivity contribution in [3.8, 4) is 0 Å². The summed E-state index contributed by atoms with van der Waals surface area (Å²) < 4.78 is 0. The summed E-state index contributed by atoms with van der Waals surface area (Å²) in [5.74, 6) is -0.000880. The Morgan fingerprint density at radius 3 is 2.88 bits per heavy atom. The summed E-state index contributed by atoms with van der Waals surface area (Å²) in [6, 6.07) is 0. The molecule has 2 unspecified atom stereocenters. The van der Waals surface area contributed by atoms with Crippen molar-refractivity contribution in [1.29, 1.82) is 0 Å². The third-order valence-electron chi connectivity index (χ3n) is 3.39. The van der Waals surface area contributed by atoms with E-state index in [9.17, 15) is 9.90 Å². The Bertz CT molecular complexity index is 234. The molecular weight excluding hydrogens is 220 g/mol. The number of rotatable bonds is 6. The van der Waals surface area contributed by atoms with Crippen LogP contribution in [0.15, 0.2) is 0 Å². The Morgan fingerprint density at radius 2 is 2.35 bits per heavy atom. The van der Waals surface area contributed by atoms with Crippen LogP contribution in [0.25, 0.3) is 0 Å². The lowest BCUT2D eigenvalue weighted by molar-refractivity contribution is -0.133. The molecule has 5 nitrogen and oxygen atoms in total. The van der Waals surface area contributed by atoms with Crippen LogP contribution in [0.3, 0.4) is 0 Å². The van der Waals surface area contributed by atoms with Crippen molar-refractivity contribution in [3.05, 3.63) is 0 Å². The van der Waals surface area contributed by atoms with Crippen molar-refractivity contribution in [3.63, 3.8) is 0 Å². The van der Waals surface area contributed by atoms with Crippen LogP contribution < -0.4 is 10.6 Å². The molecule has 2 atom stereocenters. The molecule has 0 aromatic heterocycles. The zero-order valence-electron chi connectivity index (χ0n) is 10.5. The minimum atomic E-state index is -0.867. The van der Waals surface area contributed by atoms with Crippen LogP contribution in [0.2, 0.25) is 0 Å². The lowest BCUT2D eigenvalue weighted by Crippen LogP contribution is -2.51. The maximum absolute atomic E-state index is 12.2. The topological polar surface area (TPSA) is 81.6 Å². The van der Waals surface area contributed by atoms with Crippen molar-refractivity contribution in [2.24, 2.45) is 5.41 Å². The second kappa shape index (κ2) is 6.93. The summed E-state index contributed by atoms with van der Waals surface area (Å²) in [6.07, 6.45) is 2.87. The molecular formula is C12H24N2O3. The first-order chi connectivity index (χ1) is 8.14. The number of piperidine rings is 1. The molecule has 0 radical (unpaired) electrons. The van der Waals surface area contributed by atoms with Crippen LogP contribution >= 0.6 is 0 Å². The normalized spacial score (nSPS) is 26.5. The smallest absolute Gasteiger partial charge is 0.227 e. The van der Waals surface area contributed by atoms with Gasteiger partial charge in [-0.15, -0.1) is 0 Å². The summed E-state index contributed by atoms with van der Waals surface area (Å²) in [6.45, 7) is 3.56. The van der Waals surface area contributed by atoms with Crippen LogP contribution in [-0.2, 0) is 4.79 Å². The van der Waals surface area contributed by atoms with E-state index < -0.39 is 6.10 Å². The number of aliphatic hydroxyl groups excluding tert-OH is 2. The summed E-state index contributed by atoms with van der Waals surface area (Å²) >= 11 is 0. The standard InChI is InChI=1S/C12H24N2O3/c1-2-4-12(5-3-6-13-9-12)11(17)14-7-10(16)8-15/h10,13,15-16H,2-9H2,1H3,(H,14,17). The number of carbonyl (C=O) groups excluding carboxylic acids is 1. The molecule has 1 heterocycles. The van der Waals surface area contributed by atoms with Gasteiger partial charge in [0, 0.05) is 13.1 Å². The van der Waals surface area contributed by atoms with E-state index in [0.717, 1.165) is 32.2 Å². The Balaban J connectivity index is 2.53. The molecule has 5 heteroatoms. The lowest BCUT2D eigenvalue weighted by Gasteiger charge is -2.36. The number of nitrogens with one attached hydrogen (secondary N) is 2. The second-order valence-corrected chi connectivity index (χ2v) is 4.86. The average Bonchev–Trinajstić information content (AvgIpc) is 2.36. The van der Waals surface area contributed by atoms with E-state index in [-0.39, 0.29) is 24.5 Å². The van der Waals surface area contributed by atoms with E-state index in [1.54, 1.807) is 0 Å². The fourth-order valence-electron chi connectivity index (χ4n) is 2.43. The molecule has 1 fully saturated rings. The molecule has 0 aliphatic carbocycles. The third-order valence-corrected chi connectivity index (χ3v) is 3.39. The SMILES string of the molecule is CCCC1(C(=O)NCC(O)CO)CCCNC1. The van der Waals surface area contributed by atoms with Gasteiger partial charge >= 0.3 is 0 Å². The molecule has 0 bridgehead atoms. The monoisotopic (exact) mass is 244 g/mol. The lowest BCUT2D eigenvalue weighted by atomic mass is 9.76. The van der Waals surface area contributed by atoms with Crippen molar-refractivity contribution >= 4 is 5.91 Å². The third kappa shape index (κ3) is 3.94. The zero-order valence-corrected chi connectivity index (χ0v) is 10.5. The molecule has 0 saturated carbocycles. The first-order valence-corrected chi connectivity index (χ1v) is 6.42. The number of aliphatic hydroxyl groups is 2. The second-order valence-electron chi connectivity index (χ2n) is 4.86. The van der Waals surface area contributed by atoms with Crippen molar-refractivity contribution in [1.82, 2.24) is 10.6 Å². The fourth-order valence-corrected chi connectivity index (χ4v) is 2.43. The van der Waals surface area contributed by atoms with Gasteiger partial charge in [-0.2, -0.15) is 0 Å². The molecule has 1 rings (SSSR count). The fraction of sp³-hybridized carbons (Fsp3) is 0.917. The Kier molecular flexibility index (Phi) is 5.88. The van der Waals surface area contributed by atoms with E-state index in [4.69, 9.17) is 5.11 Å². The summed E-state index contributed by atoms with van der Waals surface area (Å²) in [4.78, 5) is 12.2. The predicted molar refractivity (Wildman–Crippen MR) is 65.5 cm³/mol. The van der Waals surface area contributed by atoms with E-state index in [1.807, 2.05) is 0 Å². The van der Waals surface area contributed by atoms with Gasteiger partial charge in [0.1, 0.15) is 0 Å². The highest BCUT2D eigenvalue weighted by Gasteiger charge is 2.38. The van der Waals surface area contributed by atoms with E-state index in [2.05, 4.69) is 17.6 Å². The molecule has 1 saturated heterocycles. The maximum Gasteiger partial charge on any atom is 0.227 e. The first-order valence-electron chi connectivity index (χ1n) is 6.42. The molecule has 0 aromatic carbocycles. The van der Waals surface area contributed by atoms with E-state index >= 15 is 0 Å². The molecule has 1 aliphatic heterocycles. The van der Waals surface area contributed by atoms with Gasteiger partial charge in [0.15, 0.2) is 0 Å². The highest BCUT2D eigenvalue weighted by atomic mass is 16.3. The molecule has 17 heavy (non-hydrogen) atoms. The van der Waals surface area contributed by atoms with E-state index in [1.165, 1.54) is 0 Å². The number of hydrogen-bond donors (Lipinski definition) is 4. The van der Waals surface area contributed by atoms with Gasteiger partial charge in [-0.05, 0) is 25.8 Å². The average molecular weight is 244 g/mol. The van der Waals surface area contributed by atoms with Crippen LogP contribution in [0, 0.1) is 5.41 Å². The van der Waals surface area contributed by atoms with E-state index in [0.29, 0.717) is 6.54 Å². The number of carbonyl (C=O) groups is 1. The van der Waals surface area contributed by atoms with Gasteiger partial charge in [-0.25, -0.2) is 0 Å². The van der Waals surface area contributed by atoms with Gasteiger partial charge in [0.25, 0.3) is 0 Å². The van der Waals surface area contributed by atoms with Gasteiger partial charge in [0.05, 0.1) is 18.1 Å². The molecule has 100 valence electrons. The summed E-state index contributed by atoms with van der Waals surface area (Å²) in [7, 11) is 0. The highest BCUT2D eigenvalue weighted by molar-refractivity contribution is 5.83. The van der Waals surface area contributed by atoms with Gasteiger partial charge < -0.3 is 20.8 Å².